The van der Waals surface area contributed by atoms with E-state index in [2.05, 4.69) is 4.90 Å². The van der Waals surface area contributed by atoms with Crippen molar-refractivity contribution in [1.82, 2.24) is 19.4 Å². The van der Waals surface area contributed by atoms with Crippen LogP contribution in [0.4, 0.5) is 0 Å². The quantitative estimate of drug-likeness (QED) is 0.493. The number of carbonyl (C=O) groups excluding carboxylic acids is 1. The highest BCUT2D eigenvalue weighted by molar-refractivity contribution is 6.53. The van der Waals surface area contributed by atoms with Gasteiger partial charge in [-0.15, -0.1) is 0 Å². The number of benzene rings is 2. The van der Waals surface area contributed by atoms with Crippen LogP contribution in [0, 0.1) is 0 Å². The van der Waals surface area contributed by atoms with E-state index in [0.717, 1.165) is 0 Å². The van der Waals surface area contributed by atoms with Crippen LogP contribution in [-0.2, 0) is 4.79 Å². The monoisotopic (exact) mass is 488 g/mol. The van der Waals surface area contributed by atoms with Crippen molar-refractivity contribution < 1.29 is 9.53 Å². The molecule has 1 fully saturated rings. The molecule has 0 saturated carbocycles. The van der Waals surface area contributed by atoms with Gasteiger partial charge in [0.05, 0.1) is 29.2 Å². The van der Waals surface area contributed by atoms with Crippen LogP contribution < -0.4 is 10.3 Å². The highest BCUT2D eigenvalue weighted by Crippen LogP contribution is 2.28. The van der Waals surface area contributed by atoms with E-state index in [1.807, 2.05) is 56.3 Å². The largest absolute Gasteiger partial charge is 0.492 e. The number of amides is 1. The average molecular weight is 489 g/mol. The average Bonchev–Trinajstić information content (AvgIpc) is 2.84. The van der Waals surface area contributed by atoms with Crippen molar-refractivity contribution in [3.8, 4) is 11.4 Å². The molecule has 0 radical (unpaired) electrons. The molecular weight excluding hydrogens is 463 g/mol. The number of aromatic nitrogens is 2. The summed E-state index contributed by atoms with van der Waals surface area (Å²) >= 11 is 11.5. The fourth-order valence-electron chi connectivity index (χ4n) is 4.21. The molecule has 2 aromatic carbocycles. The molecule has 9 heteroatoms. The van der Waals surface area contributed by atoms with Gasteiger partial charge in [-0.05, 0) is 38.1 Å². The van der Waals surface area contributed by atoms with Gasteiger partial charge < -0.3 is 9.64 Å². The first-order chi connectivity index (χ1) is 15.9. The number of nitrogens with zero attached hydrogens (tertiary/aromatic N) is 4. The fraction of sp³-hybridized carbons (Fsp3) is 0.375. The molecule has 1 saturated heterocycles. The standard InChI is InChI=1S/C24H26Cl2N4O3/c1-3-33-20-11-7-6-10-19(20)30-22(27-18-9-5-4-8-17(18)23(30)31)16(2)28-12-14-29(15-13-28)24(32)21(25)26/h4-11,16,21H,3,12-15H2,1-2H3. The van der Waals surface area contributed by atoms with Gasteiger partial charge in [-0.25, -0.2) is 4.98 Å². The van der Waals surface area contributed by atoms with Crippen molar-refractivity contribution >= 4 is 40.0 Å². The van der Waals surface area contributed by atoms with E-state index in [1.165, 1.54) is 0 Å². The molecule has 4 rings (SSSR count). The number of para-hydroxylation sites is 3. The number of hydrogen-bond donors (Lipinski definition) is 0. The summed E-state index contributed by atoms with van der Waals surface area (Å²) in [5.41, 5.74) is 1.16. The lowest BCUT2D eigenvalue weighted by Crippen LogP contribution is -2.51. The Labute approximate surface area is 202 Å². The molecule has 0 aliphatic carbocycles. The lowest BCUT2D eigenvalue weighted by Gasteiger charge is -2.38. The molecule has 1 atom stereocenters. The van der Waals surface area contributed by atoms with Crippen molar-refractivity contribution in [1.29, 1.82) is 0 Å². The van der Waals surface area contributed by atoms with Gasteiger partial charge >= 0.3 is 0 Å². The number of halogens is 2. The van der Waals surface area contributed by atoms with Gasteiger partial charge in [-0.2, -0.15) is 0 Å². The first kappa shape index (κ1) is 23.5. The zero-order valence-corrected chi connectivity index (χ0v) is 20.1. The second kappa shape index (κ2) is 10.1. The van der Waals surface area contributed by atoms with Gasteiger partial charge in [-0.3, -0.25) is 19.1 Å². The van der Waals surface area contributed by atoms with Crippen molar-refractivity contribution in [3.63, 3.8) is 0 Å². The Hall–Kier alpha value is -2.61. The molecule has 1 aliphatic heterocycles. The molecule has 2 heterocycles. The minimum Gasteiger partial charge on any atom is -0.492 e. The summed E-state index contributed by atoms with van der Waals surface area (Å²) in [4.78, 5) is 33.5. The number of carbonyl (C=O) groups is 1. The van der Waals surface area contributed by atoms with Crippen LogP contribution in [0.2, 0.25) is 0 Å². The van der Waals surface area contributed by atoms with E-state index >= 15 is 0 Å². The third-order valence-corrected chi connectivity index (χ3v) is 6.32. The molecular formula is C24H26Cl2N4O3. The SMILES string of the molecule is CCOc1ccccc1-n1c(C(C)N2CCN(C(=O)C(Cl)Cl)CC2)nc2ccccc2c1=O. The smallest absolute Gasteiger partial charge is 0.266 e. The summed E-state index contributed by atoms with van der Waals surface area (Å²) < 4.78 is 7.49. The summed E-state index contributed by atoms with van der Waals surface area (Å²) in [7, 11) is 0. The number of alkyl halides is 2. The highest BCUT2D eigenvalue weighted by atomic mass is 35.5. The first-order valence-corrected chi connectivity index (χ1v) is 11.8. The zero-order valence-electron chi connectivity index (χ0n) is 18.6. The fourth-order valence-corrected chi connectivity index (χ4v) is 4.49. The van der Waals surface area contributed by atoms with E-state index in [1.54, 1.807) is 15.5 Å². The molecule has 1 aliphatic rings. The number of fused-ring (bicyclic) bond motifs is 1. The number of ether oxygens (including phenoxy) is 1. The summed E-state index contributed by atoms with van der Waals surface area (Å²) in [6.45, 7) is 6.66. The van der Waals surface area contributed by atoms with Crippen LogP contribution in [0.25, 0.3) is 16.6 Å². The molecule has 1 amide bonds. The van der Waals surface area contributed by atoms with Gasteiger partial charge in [0.1, 0.15) is 11.6 Å². The van der Waals surface area contributed by atoms with Crippen LogP contribution in [0.15, 0.2) is 53.3 Å². The molecule has 1 unspecified atom stereocenters. The van der Waals surface area contributed by atoms with Crippen LogP contribution in [0.1, 0.15) is 25.7 Å². The topological polar surface area (TPSA) is 67.7 Å². The predicted molar refractivity (Wildman–Crippen MR) is 131 cm³/mol. The van der Waals surface area contributed by atoms with Crippen molar-refractivity contribution in [3.05, 3.63) is 64.7 Å². The zero-order chi connectivity index (χ0) is 23.5. The molecule has 33 heavy (non-hydrogen) atoms. The first-order valence-electron chi connectivity index (χ1n) is 11.0. The molecule has 3 aromatic rings. The summed E-state index contributed by atoms with van der Waals surface area (Å²) in [6.07, 6.45) is 0. The maximum Gasteiger partial charge on any atom is 0.266 e. The third-order valence-electron chi connectivity index (χ3n) is 5.94. The lowest BCUT2D eigenvalue weighted by molar-refractivity contribution is -0.131. The second-order valence-electron chi connectivity index (χ2n) is 7.87. The van der Waals surface area contributed by atoms with Gasteiger partial charge in [-0.1, -0.05) is 47.5 Å². The Morgan fingerprint density at radius 3 is 2.42 bits per heavy atom. The van der Waals surface area contributed by atoms with Gasteiger partial charge in [0.15, 0.2) is 4.84 Å². The van der Waals surface area contributed by atoms with Gasteiger partial charge in [0.25, 0.3) is 11.5 Å². The van der Waals surface area contributed by atoms with Crippen LogP contribution >= 0.6 is 23.2 Å². The Kier molecular flexibility index (Phi) is 7.22. The Morgan fingerprint density at radius 1 is 1.06 bits per heavy atom. The normalized spacial score (nSPS) is 15.7. The molecule has 174 valence electrons. The molecule has 1 aromatic heterocycles. The molecule has 0 spiro atoms. The van der Waals surface area contributed by atoms with Crippen molar-refractivity contribution in [2.24, 2.45) is 0 Å². The van der Waals surface area contributed by atoms with Crippen molar-refractivity contribution in [2.45, 2.75) is 24.7 Å². The number of hydrogen-bond acceptors (Lipinski definition) is 5. The summed E-state index contributed by atoms with van der Waals surface area (Å²) in [6, 6.07) is 14.7. The van der Waals surface area contributed by atoms with Crippen molar-refractivity contribution in [2.75, 3.05) is 32.8 Å². The molecule has 0 N–H and O–H groups in total. The van der Waals surface area contributed by atoms with Crippen LogP contribution in [0.3, 0.4) is 0 Å². The van der Waals surface area contributed by atoms with E-state index in [9.17, 15) is 9.59 Å². The third kappa shape index (κ3) is 4.71. The Balaban J connectivity index is 1.77. The maximum absolute atomic E-state index is 13.7. The van der Waals surface area contributed by atoms with Gasteiger partial charge in [0, 0.05) is 26.2 Å². The van der Waals surface area contributed by atoms with E-state index < -0.39 is 4.84 Å². The molecule has 7 nitrogen and oxygen atoms in total. The summed E-state index contributed by atoms with van der Waals surface area (Å²) in [5.74, 6) is 0.966. The van der Waals surface area contributed by atoms with E-state index in [0.29, 0.717) is 61.0 Å². The minimum atomic E-state index is -1.06. The predicted octanol–water partition coefficient (Wildman–Crippen LogP) is 3.79. The van der Waals surface area contributed by atoms with Crippen LogP contribution in [-0.4, -0.2) is 62.9 Å². The minimum absolute atomic E-state index is 0.143. The van der Waals surface area contributed by atoms with Gasteiger partial charge in [0.2, 0.25) is 0 Å². The Bertz CT molecular complexity index is 1210. The maximum atomic E-state index is 13.7. The van der Waals surface area contributed by atoms with E-state index in [-0.39, 0.29) is 17.5 Å². The Morgan fingerprint density at radius 2 is 1.73 bits per heavy atom. The number of piperazine rings is 1. The lowest BCUT2D eigenvalue weighted by atomic mass is 10.1. The van der Waals surface area contributed by atoms with Crippen LogP contribution in [0.5, 0.6) is 5.75 Å². The second-order valence-corrected chi connectivity index (χ2v) is 8.96. The van der Waals surface area contributed by atoms with E-state index in [4.69, 9.17) is 32.9 Å². The highest BCUT2D eigenvalue weighted by Gasteiger charge is 2.30. The summed E-state index contributed by atoms with van der Waals surface area (Å²) in [5, 5.41) is 0.547. The molecule has 0 bridgehead atoms. The number of rotatable bonds is 6.